The minimum absolute atomic E-state index is 0.760. The third-order valence-electron chi connectivity index (χ3n) is 2.57. The van der Waals surface area contributed by atoms with Gasteiger partial charge < -0.3 is 10.3 Å². The van der Waals surface area contributed by atoms with E-state index in [1.54, 1.807) is 0 Å². The molecule has 13 heavy (non-hydrogen) atoms. The van der Waals surface area contributed by atoms with Crippen LogP contribution in [0.3, 0.4) is 0 Å². The zero-order valence-electron chi connectivity index (χ0n) is 7.95. The summed E-state index contributed by atoms with van der Waals surface area (Å²) >= 11 is 0. The Morgan fingerprint density at radius 3 is 3.00 bits per heavy atom. The number of hydrogen-bond acceptors (Lipinski definition) is 2. The summed E-state index contributed by atoms with van der Waals surface area (Å²) in [5.74, 6) is 0. The molecule has 0 atom stereocenters. The smallest absolute Gasteiger partial charge is 0.0950 e. The van der Waals surface area contributed by atoms with Crippen LogP contribution in [0, 0.1) is 0 Å². The van der Waals surface area contributed by atoms with Crippen molar-refractivity contribution in [3.63, 3.8) is 0 Å². The first kappa shape index (κ1) is 8.75. The summed E-state index contributed by atoms with van der Waals surface area (Å²) in [6, 6.07) is 0.760. The first-order chi connectivity index (χ1) is 6.42. The second-order valence-electron chi connectivity index (χ2n) is 3.77. The summed E-state index contributed by atoms with van der Waals surface area (Å²) in [6.07, 6.45) is 10.1. The van der Waals surface area contributed by atoms with Gasteiger partial charge in [-0.15, -0.1) is 0 Å². The van der Waals surface area contributed by atoms with Crippen LogP contribution >= 0.6 is 0 Å². The monoisotopic (exact) mass is 179 g/mol. The number of aryl methyl sites for hydroxylation is 1. The Balaban J connectivity index is 1.90. The van der Waals surface area contributed by atoms with Gasteiger partial charge in [-0.25, -0.2) is 4.98 Å². The molecule has 2 N–H and O–H groups in total. The van der Waals surface area contributed by atoms with Crippen LogP contribution in [-0.4, -0.2) is 16.1 Å². The molecule has 1 aromatic heterocycles. The molecule has 0 amide bonds. The second kappa shape index (κ2) is 3.92. The summed E-state index contributed by atoms with van der Waals surface area (Å²) in [5, 5.41) is 0. The first-order valence-electron chi connectivity index (χ1n) is 5.12. The highest BCUT2D eigenvalue weighted by Crippen LogP contribution is 2.35. The molecular formula is C10H17N3. The molecule has 0 bridgehead atoms. The van der Waals surface area contributed by atoms with Crippen molar-refractivity contribution in [2.45, 2.75) is 38.1 Å². The van der Waals surface area contributed by atoms with Crippen molar-refractivity contribution in [3.05, 3.63) is 18.2 Å². The average Bonchev–Trinajstić information content (AvgIpc) is 2.88. The van der Waals surface area contributed by atoms with E-state index >= 15 is 0 Å². The third kappa shape index (κ3) is 2.10. The van der Waals surface area contributed by atoms with E-state index in [0.29, 0.717) is 0 Å². The zero-order chi connectivity index (χ0) is 9.10. The van der Waals surface area contributed by atoms with Crippen LogP contribution in [0.5, 0.6) is 0 Å². The maximum absolute atomic E-state index is 5.46. The molecule has 1 aliphatic carbocycles. The molecule has 3 nitrogen and oxygen atoms in total. The average molecular weight is 179 g/mol. The van der Waals surface area contributed by atoms with E-state index in [-0.39, 0.29) is 0 Å². The van der Waals surface area contributed by atoms with Crippen LogP contribution in [0.25, 0.3) is 0 Å². The lowest BCUT2D eigenvalue weighted by Gasteiger charge is -2.05. The van der Waals surface area contributed by atoms with Crippen molar-refractivity contribution in [2.24, 2.45) is 5.73 Å². The zero-order valence-corrected chi connectivity index (χ0v) is 7.95. The van der Waals surface area contributed by atoms with Gasteiger partial charge in [-0.2, -0.15) is 0 Å². The van der Waals surface area contributed by atoms with Crippen molar-refractivity contribution in [1.82, 2.24) is 9.55 Å². The van der Waals surface area contributed by atoms with Gasteiger partial charge in [0.1, 0.15) is 0 Å². The van der Waals surface area contributed by atoms with Gasteiger partial charge in [-0.1, -0.05) is 0 Å². The van der Waals surface area contributed by atoms with Crippen LogP contribution in [0.15, 0.2) is 12.5 Å². The van der Waals surface area contributed by atoms with E-state index in [1.807, 2.05) is 12.5 Å². The summed E-state index contributed by atoms with van der Waals surface area (Å²) in [7, 11) is 0. The Bertz CT molecular complexity index is 263. The maximum atomic E-state index is 5.46. The Kier molecular flexibility index (Phi) is 2.64. The molecule has 0 unspecified atom stereocenters. The van der Waals surface area contributed by atoms with Crippen molar-refractivity contribution < 1.29 is 0 Å². The third-order valence-corrected chi connectivity index (χ3v) is 2.57. The fourth-order valence-electron chi connectivity index (χ4n) is 1.66. The second-order valence-corrected chi connectivity index (χ2v) is 3.77. The van der Waals surface area contributed by atoms with E-state index in [2.05, 4.69) is 9.55 Å². The predicted molar refractivity (Wildman–Crippen MR) is 52.5 cm³/mol. The summed E-state index contributed by atoms with van der Waals surface area (Å²) in [6.45, 7) is 0.803. The fourth-order valence-corrected chi connectivity index (χ4v) is 1.66. The quantitative estimate of drug-likeness (QED) is 0.696. The fraction of sp³-hybridized carbons (Fsp3) is 0.700. The van der Waals surface area contributed by atoms with Crippen LogP contribution in [0.1, 0.15) is 37.4 Å². The Morgan fingerprint density at radius 2 is 2.31 bits per heavy atom. The van der Waals surface area contributed by atoms with Crippen molar-refractivity contribution in [3.8, 4) is 0 Å². The molecule has 0 aromatic carbocycles. The lowest BCUT2D eigenvalue weighted by Crippen LogP contribution is -2.02. The summed E-state index contributed by atoms with van der Waals surface area (Å²) in [4.78, 5) is 4.19. The van der Waals surface area contributed by atoms with Gasteiger partial charge >= 0.3 is 0 Å². The normalized spacial score (nSPS) is 16.4. The van der Waals surface area contributed by atoms with Crippen molar-refractivity contribution in [2.75, 3.05) is 6.54 Å². The summed E-state index contributed by atoms with van der Waals surface area (Å²) < 4.78 is 2.33. The highest BCUT2D eigenvalue weighted by atomic mass is 15.1. The molecule has 0 saturated heterocycles. The van der Waals surface area contributed by atoms with Gasteiger partial charge in [-0.05, 0) is 38.6 Å². The molecule has 2 rings (SSSR count). The molecule has 0 radical (unpaired) electrons. The molecular weight excluding hydrogens is 162 g/mol. The van der Waals surface area contributed by atoms with E-state index in [0.717, 1.165) is 25.4 Å². The minimum atomic E-state index is 0.760. The molecule has 0 aliphatic heterocycles. The van der Waals surface area contributed by atoms with Crippen LogP contribution in [-0.2, 0) is 6.42 Å². The largest absolute Gasteiger partial charge is 0.332 e. The molecule has 1 heterocycles. The van der Waals surface area contributed by atoms with E-state index < -0.39 is 0 Å². The van der Waals surface area contributed by atoms with Gasteiger partial charge in [0.2, 0.25) is 0 Å². The van der Waals surface area contributed by atoms with E-state index in [1.165, 1.54) is 25.0 Å². The number of nitrogens with two attached hydrogens (primary N) is 1. The molecule has 72 valence electrons. The lowest BCUT2D eigenvalue weighted by atomic mass is 10.2. The Labute approximate surface area is 79.0 Å². The standard InChI is InChI=1S/C10H17N3/c11-6-2-1-3-10-7-12-8-13(10)9-4-5-9/h7-9H,1-6,11H2. The number of unbranched alkanes of at least 4 members (excludes halogenated alkanes) is 1. The summed E-state index contributed by atoms with van der Waals surface area (Å²) in [5.41, 5.74) is 6.84. The predicted octanol–water partition coefficient (Wildman–Crippen LogP) is 1.50. The molecule has 1 fully saturated rings. The maximum Gasteiger partial charge on any atom is 0.0950 e. The Morgan fingerprint density at radius 1 is 1.46 bits per heavy atom. The molecule has 1 aliphatic rings. The number of imidazole rings is 1. The van der Waals surface area contributed by atoms with Gasteiger partial charge in [-0.3, -0.25) is 0 Å². The van der Waals surface area contributed by atoms with Gasteiger partial charge in [0.15, 0.2) is 0 Å². The topological polar surface area (TPSA) is 43.8 Å². The van der Waals surface area contributed by atoms with E-state index in [4.69, 9.17) is 5.73 Å². The highest BCUT2D eigenvalue weighted by Gasteiger charge is 2.24. The lowest BCUT2D eigenvalue weighted by molar-refractivity contribution is 0.655. The highest BCUT2D eigenvalue weighted by molar-refractivity contribution is 5.03. The number of aromatic nitrogens is 2. The van der Waals surface area contributed by atoms with Crippen molar-refractivity contribution >= 4 is 0 Å². The number of rotatable bonds is 5. The first-order valence-corrected chi connectivity index (χ1v) is 5.12. The van der Waals surface area contributed by atoms with Gasteiger partial charge in [0.25, 0.3) is 0 Å². The van der Waals surface area contributed by atoms with Crippen LogP contribution in [0.2, 0.25) is 0 Å². The molecule has 1 saturated carbocycles. The molecule has 0 spiro atoms. The number of hydrogen-bond donors (Lipinski definition) is 1. The SMILES string of the molecule is NCCCCc1cncn1C1CC1. The van der Waals surface area contributed by atoms with Gasteiger partial charge in [0, 0.05) is 17.9 Å². The Hall–Kier alpha value is -0.830. The minimum Gasteiger partial charge on any atom is -0.332 e. The van der Waals surface area contributed by atoms with Crippen LogP contribution in [0.4, 0.5) is 0 Å². The van der Waals surface area contributed by atoms with E-state index in [9.17, 15) is 0 Å². The molecule has 3 heteroatoms. The van der Waals surface area contributed by atoms with Gasteiger partial charge in [0.05, 0.1) is 6.33 Å². The molecule has 1 aromatic rings. The number of nitrogens with zero attached hydrogens (tertiary/aromatic N) is 2. The van der Waals surface area contributed by atoms with Crippen LogP contribution < -0.4 is 5.73 Å². The van der Waals surface area contributed by atoms with Crippen molar-refractivity contribution in [1.29, 1.82) is 0 Å².